The highest BCUT2D eigenvalue weighted by Gasteiger charge is 2.31. The predicted molar refractivity (Wildman–Crippen MR) is 62.6 cm³/mol. The lowest BCUT2D eigenvalue weighted by Gasteiger charge is -2.35. The third kappa shape index (κ3) is 4.52. The van der Waals surface area contributed by atoms with Crippen molar-refractivity contribution in [1.29, 1.82) is 0 Å². The summed E-state index contributed by atoms with van der Waals surface area (Å²) in [6.45, 7) is 8.55. The van der Waals surface area contributed by atoms with Crippen molar-refractivity contribution in [3.05, 3.63) is 0 Å². The summed E-state index contributed by atoms with van der Waals surface area (Å²) in [5, 5.41) is 0. The van der Waals surface area contributed by atoms with E-state index in [1.54, 1.807) is 0 Å². The van der Waals surface area contributed by atoms with Crippen LogP contribution in [-0.2, 0) is 9.78 Å². The van der Waals surface area contributed by atoms with Crippen LogP contribution in [0.2, 0.25) is 0 Å². The van der Waals surface area contributed by atoms with E-state index < -0.39 is 0 Å². The zero-order valence-electron chi connectivity index (χ0n) is 10.8. The molecule has 1 rings (SSSR count). The molecule has 0 aromatic rings. The highest BCUT2D eigenvalue weighted by Crippen LogP contribution is 2.33. The summed E-state index contributed by atoms with van der Waals surface area (Å²) in [5.41, 5.74) is -0.182. The maximum Gasteiger partial charge on any atom is 0.101 e. The van der Waals surface area contributed by atoms with Gasteiger partial charge in [0.25, 0.3) is 0 Å². The van der Waals surface area contributed by atoms with Crippen LogP contribution in [0.4, 0.5) is 0 Å². The van der Waals surface area contributed by atoms with Gasteiger partial charge in [0.05, 0.1) is 5.60 Å². The van der Waals surface area contributed by atoms with Gasteiger partial charge in [-0.25, -0.2) is 9.78 Å². The van der Waals surface area contributed by atoms with Gasteiger partial charge < -0.3 is 0 Å². The van der Waals surface area contributed by atoms with E-state index in [0.29, 0.717) is 0 Å². The second-order valence-corrected chi connectivity index (χ2v) is 5.69. The van der Waals surface area contributed by atoms with Gasteiger partial charge in [-0.05, 0) is 40.0 Å². The van der Waals surface area contributed by atoms with Crippen LogP contribution >= 0.6 is 0 Å². The van der Waals surface area contributed by atoms with Gasteiger partial charge >= 0.3 is 0 Å². The average molecular weight is 214 g/mol. The van der Waals surface area contributed by atoms with Crippen LogP contribution in [0.15, 0.2) is 0 Å². The molecule has 0 atom stereocenters. The highest BCUT2D eigenvalue weighted by molar-refractivity contribution is 4.78. The minimum Gasteiger partial charge on any atom is -0.230 e. The standard InChI is InChI=1S/C13H26O2/c1-5-9-12(2,3)14-15-13(4)10-7-6-8-11-13/h5-11H2,1-4H3. The summed E-state index contributed by atoms with van der Waals surface area (Å²) in [6.07, 6.45) is 8.33. The first kappa shape index (κ1) is 13.0. The van der Waals surface area contributed by atoms with Crippen molar-refractivity contribution in [1.82, 2.24) is 0 Å². The molecule has 2 nitrogen and oxygen atoms in total. The van der Waals surface area contributed by atoms with Crippen molar-refractivity contribution in [2.24, 2.45) is 0 Å². The number of rotatable bonds is 5. The van der Waals surface area contributed by atoms with Crippen LogP contribution in [-0.4, -0.2) is 11.2 Å². The molecule has 0 N–H and O–H groups in total. The van der Waals surface area contributed by atoms with Crippen LogP contribution in [0.5, 0.6) is 0 Å². The summed E-state index contributed by atoms with van der Waals surface area (Å²) < 4.78 is 0. The molecule has 0 unspecified atom stereocenters. The molecule has 2 heteroatoms. The fraction of sp³-hybridized carbons (Fsp3) is 1.00. The summed E-state index contributed by atoms with van der Waals surface area (Å²) >= 11 is 0. The molecule has 0 aliphatic heterocycles. The molecule has 0 radical (unpaired) electrons. The van der Waals surface area contributed by atoms with Gasteiger partial charge in [0.15, 0.2) is 0 Å². The largest absolute Gasteiger partial charge is 0.230 e. The second kappa shape index (κ2) is 5.31. The highest BCUT2D eigenvalue weighted by atomic mass is 17.2. The molecular weight excluding hydrogens is 188 g/mol. The Morgan fingerprint density at radius 2 is 1.73 bits per heavy atom. The Balaban J connectivity index is 2.34. The Labute approximate surface area is 94.3 Å². The van der Waals surface area contributed by atoms with Gasteiger partial charge in [0.1, 0.15) is 5.60 Å². The van der Waals surface area contributed by atoms with E-state index in [1.165, 1.54) is 19.3 Å². The molecule has 90 valence electrons. The number of hydrogen-bond donors (Lipinski definition) is 0. The molecule has 15 heavy (non-hydrogen) atoms. The third-order valence-corrected chi connectivity index (χ3v) is 3.23. The fourth-order valence-corrected chi connectivity index (χ4v) is 2.24. The summed E-state index contributed by atoms with van der Waals surface area (Å²) in [4.78, 5) is 11.3. The fourth-order valence-electron chi connectivity index (χ4n) is 2.24. The molecule has 1 aliphatic carbocycles. The quantitative estimate of drug-likeness (QED) is 0.503. The Morgan fingerprint density at radius 1 is 1.13 bits per heavy atom. The normalized spacial score (nSPS) is 21.6. The maximum atomic E-state index is 5.69. The van der Waals surface area contributed by atoms with Crippen molar-refractivity contribution in [2.45, 2.75) is 83.8 Å². The Morgan fingerprint density at radius 3 is 2.27 bits per heavy atom. The molecule has 1 fully saturated rings. The average Bonchev–Trinajstić information content (AvgIpc) is 2.17. The monoisotopic (exact) mass is 214 g/mol. The van der Waals surface area contributed by atoms with Gasteiger partial charge in [-0.2, -0.15) is 0 Å². The molecule has 0 spiro atoms. The molecule has 1 saturated carbocycles. The SMILES string of the molecule is CCCC(C)(C)OOC1(C)CCCCC1. The molecule has 0 heterocycles. The molecule has 0 bridgehead atoms. The molecule has 0 saturated heterocycles. The van der Waals surface area contributed by atoms with Gasteiger partial charge in [-0.15, -0.1) is 0 Å². The lowest BCUT2D eigenvalue weighted by atomic mass is 9.87. The topological polar surface area (TPSA) is 18.5 Å². The molecule has 0 aromatic carbocycles. The first-order chi connectivity index (χ1) is 6.97. The first-order valence-corrected chi connectivity index (χ1v) is 6.34. The molecule has 1 aliphatic rings. The van der Waals surface area contributed by atoms with E-state index in [9.17, 15) is 0 Å². The minimum atomic E-state index is -0.144. The van der Waals surface area contributed by atoms with E-state index in [1.807, 2.05) is 0 Å². The van der Waals surface area contributed by atoms with Gasteiger partial charge in [0, 0.05) is 0 Å². The Kier molecular flexibility index (Phi) is 4.60. The summed E-state index contributed by atoms with van der Waals surface area (Å²) in [6, 6.07) is 0. The van der Waals surface area contributed by atoms with Crippen LogP contribution in [0.3, 0.4) is 0 Å². The zero-order valence-corrected chi connectivity index (χ0v) is 10.8. The Hall–Kier alpha value is -0.0800. The van der Waals surface area contributed by atoms with Crippen molar-refractivity contribution in [3.63, 3.8) is 0 Å². The predicted octanol–water partition coefficient (Wildman–Crippen LogP) is 4.24. The second-order valence-electron chi connectivity index (χ2n) is 5.69. The van der Waals surface area contributed by atoms with E-state index in [4.69, 9.17) is 9.78 Å². The lowest BCUT2D eigenvalue weighted by molar-refractivity contribution is -0.409. The van der Waals surface area contributed by atoms with Crippen molar-refractivity contribution < 1.29 is 9.78 Å². The van der Waals surface area contributed by atoms with Crippen LogP contribution < -0.4 is 0 Å². The van der Waals surface area contributed by atoms with Crippen molar-refractivity contribution in [2.75, 3.05) is 0 Å². The number of hydrogen-bond acceptors (Lipinski definition) is 2. The maximum absolute atomic E-state index is 5.69. The lowest BCUT2D eigenvalue weighted by Crippen LogP contribution is -2.36. The van der Waals surface area contributed by atoms with Gasteiger partial charge in [0.2, 0.25) is 0 Å². The van der Waals surface area contributed by atoms with Crippen LogP contribution in [0, 0.1) is 0 Å². The summed E-state index contributed by atoms with van der Waals surface area (Å²) in [5.74, 6) is 0. The van der Waals surface area contributed by atoms with Crippen molar-refractivity contribution in [3.8, 4) is 0 Å². The zero-order chi connectivity index (χ0) is 11.4. The van der Waals surface area contributed by atoms with E-state index in [2.05, 4.69) is 27.7 Å². The third-order valence-electron chi connectivity index (χ3n) is 3.23. The minimum absolute atomic E-state index is 0.0384. The summed E-state index contributed by atoms with van der Waals surface area (Å²) in [7, 11) is 0. The van der Waals surface area contributed by atoms with Crippen molar-refractivity contribution >= 4 is 0 Å². The Bertz CT molecular complexity index is 181. The van der Waals surface area contributed by atoms with Gasteiger partial charge in [-0.1, -0.05) is 32.6 Å². The van der Waals surface area contributed by atoms with E-state index >= 15 is 0 Å². The van der Waals surface area contributed by atoms with Crippen LogP contribution in [0.25, 0.3) is 0 Å². The first-order valence-electron chi connectivity index (χ1n) is 6.34. The van der Waals surface area contributed by atoms with E-state index in [0.717, 1.165) is 25.7 Å². The van der Waals surface area contributed by atoms with E-state index in [-0.39, 0.29) is 11.2 Å². The smallest absolute Gasteiger partial charge is 0.101 e. The molecule has 0 amide bonds. The van der Waals surface area contributed by atoms with Crippen LogP contribution in [0.1, 0.15) is 72.6 Å². The molecular formula is C13H26O2. The molecule has 0 aromatic heterocycles. The van der Waals surface area contributed by atoms with Gasteiger partial charge in [-0.3, -0.25) is 0 Å².